The molecule has 48 heavy (non-hydrogen) atoms. The Morgan fingerprint density at radius 1 is 1.27 bits per heavy atom. The first-order chi connectivity index (χ1) is 22.6. The Kier molecular flexibility index (Phi) is 9.75. The molecule has 15 heteroatoms. The van der Waals surface area contributed by atoms with Gasteiger partial charge in [-0.1, -0.05) is 6.07 Å². The minimum absolute atomic E-state index is 0.0619. The number of likely N-dealkylation sites (tertiary alicyclic amines) is 1. The van der Waals surface area contributed by atoms with E-state index < -0.39 is 46.9 Å². The summed E-state index contributed by atoms with van der Waals surface area (Å²) in [5.41, 5.74) is 10.2. The third-order valence-corrected chi connectivity index (χ3v) is 9.77. The second kappa shape index (κ2) is 13.3. The number of carbonyl (C=O) groups is 3. The van der Waals surface area contributed by atoms with Crippen molar-refractivity contribution in [2.24, 2.45) is 16.5 Å². The molecular weight excluding hydrogens is 622 g/mol. The Bertz CT molecular complexity index is 1490. The molecule has 2 bridgehead atoms. The Balaban J connectivity index is 1.23. The number of rotatable bonds is 11. The van der Waals surface area contributed by atoms with Crippen molar-refractivity contribution in [3.8, 4) is 11.5 Å². The lowest BCUT2D eigenvalue weighted by molar-refractivity contribution is -0.163. The number of methoxy groups -OCH3 is 1. The molecule has 264 valence electrons. The van der Waals surface area contributed by atoms with E-state index in [4.69, 9.17) is 30.4 Å². The molecule has 0 aromatic heterocycles. The van der Waals surface area contributed by atoms with Crippen molar-refractivity contribution in [3.05, 3.63) is 35.1 Å². The number of aliphatic imine (C=N–C) groups is 1. The number of hydrogen-bond acceptors (Lipinski definition) is 10. The van der Waals surface area contributed by atoms with Crippen LogP contribution in [0.3, 0.4) is 0 Å². The molecule has 1 aromatic rings. The average molecular weight is 672 g/mol. The van der Waals surface area contributed by atoms with Gasteiger partial charge in [0.25, 0.3) is 0 Å². The highest BCUT2D eigenvalue weighted by Crippen LogP contribution is 2.65. The highest BCUT2D eigenvalue weighted by Gasteiger charge is 2.72. The molecule has 1 fully saturated rings. The van der Waals surface area contributed by atoms with Crippen LogP contribution in [0.5, 0.6) is 11.5 Å². The second-order valence-electron chi connectivity index (χ2n) is 14.0. The summed E-state index contributed by atoms with van der Waals surface area (Å²) < 4.78 is 23.5. The Hall–Kier alpha value is -4.24. The lowest BCUT2D eigenvalue weighted by atomic mass is 9.50. The van der Waals surface area contributed by atoms with E-state index in [2.05, 4.69) is 20.5 Å². The number of hydrogen-bond donors (Lipinski definition) is 5. The van der Waals surface area contributed by atoms with Crippen molar-refractivity contribution in [1.82, 2.24) is 20.4 Å². The number of benzene rings is 1. The summed E-state index contributed by atoms with van der Waals surface area (Å²) in [6.07, 6.45) is 1.98. The molecule has 2 heterocycles. The number of nitrogens with one attached hydrogen (secondary N) is 2. The molecule has 0 saturated carbocycles. The Labute approximate surface area is 280 Å². The van der Waals surface area contributed by atoms with E-state index in [0.717, 1.165) is 17.7 Å². The zero-order chi connectivity index (χ0) is 35.0. The van der Waals surface area contributed by atoms with Gasteiger partial charge in [-0.05, 0) is 77.8 Å². The molecule has 15 nitrogen and oxygen atoms in total. The van der Waals surface area contributed by atoms with E-state index in [9.17, 15) is 19.5 Å². The minimum atomic E-state index is -1.12. The van der Waals surface area contributed by atoms with Gasteiger partial charge >= 0.3 is 12.2 Å². The topological polar surface area (TPSA) is 203 Å². The normalized spacial score (nSPS) is 25.8. The molecule has 5 atom stereocenters. The van der Waals surface area contributed by atoms with Crippen LogP contribution in [-0.2, 0) is 26.1 Å². The first-order valence-electron chi connectivity index (χ1n) is 16.4. The zero-order valence-electron chi connectivity index (χ0n) is 28.6. The molecule has 3 amide bonds. The van der Waals surface area contributed by atoms with Gasteiger partial charge in [-0.3, -0.25) is 9.79 Å². The Morgan fingerprint density at radius 2 is 2.02 bits per heavy atom. The van der Waals surface area contributed by atoms with Crippen LogP contribution in [-0.4, -0.2) is 116 Å². The maximum atomic E-state index is 13.4. The summed E-state index contributed by atoms with van der Waals surface area (Å²) in [7, 11) is 5.18. The summed E-state index contributed by atoms with van der Waals surface area (Å²) in [5, 5.41) is 17.8. The van der Waals surface area contributed by atoms with Crippen molar-refractivity contribution >= 4 is 24.1 Å². The van der Waals surface area contributed by atoms with E-state index in [1.54, 1.807) is 41.0 Å². The molecule has 7 N–H and O–H groups in total. The van der Waals surface area contributed by atoms with E-state index in [1.807, 2.05) is 19.2 Å². The van der Waals surface area contributed by atoms with Gasteiger partial charge in [0.15, 0.2) is 23.6 Å². The first kappa shape index (κ1) is 35.1. The smallest absolute Gasteiger partial charge is 0.414 e. The monoisotopic (exact) mass is 671 g/mol. The van der Waals surface area contributed by atoms with E-state index in [1.165, 1.54) is 4.90 Å². The number of piperidine rings is 1. The number of amides is 3. The summed E-state index contributed by atoms with van der Waals surface area (Å²) in [5.74, 6) is 1.00. The predicted octanol–water partition coefficient (Wildman–Crippen LogP) is 1.10. The van der Waals surface area contributed by atoms with E-state index >= 15 is 0 Å². The van der Waals surface area contributed by atoms with Gasteiger partial charge in [-0.2, -0.15) is 0 Å². The number of alkyl carbamates (subject to hydrolysis) is 1. The van der Waals surface area contributed by atoms with E-state index in [-0.39, 0.29) is 38.1 Å². The van der Waals surface area contributed by atoms with Gasteiger partial charge in [0.2, 0.25) is 5.91 Å². The van der Waals surface area contributed by atoms with Crippen LogP contribution in [0.1, 0.15) is 57.6 Å². The van der Waals surface area contributed by atoms with Crippen molar-refractivity contribution in [3.63, 3.8) is 0 Å². The maximum Gasteiger partial charge on any atom is 0.414 e. The molecule has 2 aliphatic carbocycles. The molecule has 2 aliphatic heterocycles. The third-order valence-electron chi connectivity index (χ3n) is 9.77. The van der Waals surface area contributed by atoms with E-state index in [0.29, 0.717) is 42.9 Å². The standard InChI is InChI=1S/C33H49N7O8/c1-31(2,3)48-29(42)38-20(8-7-14-37-28(34)35)27(41)36-15-17-40(5)30(43)46-22-11-12-33(44)23-18-19-9-10-21(45-6)25-24(19)32(33,26(22)47-25)13-16-39(23)4/h9-11,20,23,26,44H,7-8,12-18H2,1-6H3,(H,36,41)(H,38,42)(H4,34,35,37)/t20-,23+,26?,32-,33?/m0/s1. The fraction of sp³-hybridized carbons (Fsp3) is 0.636. The quantitative estimate of drug-likeness (QED) is 0.128. The number of nitrogens with zero attached hydrogens (tertiary/aromatic N) is 3. The number of likely N-dealkylation sites (N-methyl/N-ethyl adjacent to an activating group) is 2. The average Bonchev–Trinajstić information content (AvgIpc) is 3.36. The summed E-state index contributed by atoms with van der Waals surface area (Å²) in [4.78, 5) is 46.3. The van der Waals surface area contributed by atoms with Gasteiger partial charge in [-0.25, -0.2) is 9.59 Å². The lowest BCUT2D eigenvalue weighted by Gasteiger charge is -2.61. The largest absolute Gasteiger partial charge is 0.493 e. The van der Waals surface area contributed by atoms with Crippen molar-refractivity contribution in [2.75, 3.05) is 47.4 Å². The first-order valence-corrected chi connectivity index (χ1v) is 16.4. The van der Waals surface area contributed by atoms with Crippen LogP contribution in [0.25, 0.3) is 0 Å². The molecule has 1 saturated heterocycles. The summed E-state index contributed by atoms with van der Waals surface area (Å²) >= 11 is 0. The predicted molar refractivity (Wildman–Crippen MR) is 177 cm³/mol. The molecular formula is C33H49N7O8. The van der Waals surface area contributed by atoms with Crippen LogP contribution < -0.4 is 31.6 Å². The highest BCUT2D eigenvalue weighted by molar-refractivity contribution is 5.85. The highest BCUT2D eigenvalue weighted by atomic mass is 16.6. The number of ether oxygens (including phenoxy) is 4. The van der Waals surface area contributed by atoms with Gasteiger partial charge in [0, 0.05) is 44.7 Å². The molecule has 1 aromatic carbocycles. The molecule has 1 spiro atoms. The van der Waals surface area contributed by atoms with Crippen LogP contribution >= 0.6 is 0 Å². The molecule has 2 unspecified atom stereocenters. The van der Waals surface area contributed by atoms with Gasteiger partial charge in [-0.15, -0.1) is 0 Å². The SMILES string of the molecule is COc1ccc2c3c1OC1C(OC(=O)N(C)CCNC(=O)[C@H](CCCN=C(N)N)NC(=O)OC(C)(C)C)=CCC4(O)[C@@H](C2)N(C)CC[C@]314. The summed E-state index contributed by atoms with van der Waals surface area (Å²) in [6.45, 7) is 6.43. The van der Waals surface area contributed by atoms with Crippen LogP contribution in [0.4, 0.5) is 9.59 Å². The van der Waals surface area contributed by atoms with Crippen molar-refractivity contribution < 1.29 is 38.4 Å². The molecule has 0 radical (unpaired) electrons. The minimum Gasteiger partial charge on any atom is -0.493 e. The van der Waals surface area contributed by atoms with Crippen LogP contribution in [0.2, 0.25) is 0 Å². The van der Waals surface area contributed by atoms with Gasteiger partial charge < -0.3 is 56.0 Å². The van der Waals surface area contributed by atoms with Crippen molar-refractivity contribution in [1.29, 1.82) is 0 Å². The third kappa shape index (κ3) is 6.44. The molecule has 4 aliphatic rings. The van der Waals surface area contributed by atoms with Crippen molar-refractivity contribution in [2.45, 2.75) is 87.7 Å². The second-order valence-corrected chi connectivity index (χ2v) is 14.0. The molecule has 5 rings (SSSR count). The fourth-order valence-corrected chi connectivity index (χ4v) is 7.55. The van der Waals surface area contributed by atoms with Crippen LogP contribution in [0, 0.1) is 0 Å². The number of carbonyl (C=O) groups excluding carboxylic acids is 3. The summed E-state index contributed by atoms with van der Waals surface area (Å²) in [6, 6.07) is 2.90. The maximum absolute atomic E-state index is 13.4. The Morgan fingerprint density at radius 3 is 2.71 bits per heavy atom. The van der Waals surface area contributed by atoms with Gasteiger partial charge in [0.1, 0.15) is 17.4 Å². The number of nitrogens with two attached hydrogens (primary N) is 2. The van der Waals surface area contributed by atoms with Crippen LogP contribution in [0.15, 0.2) is 29.0 Å². The number of aliphatic hydroxyl groups is 1. The fourth-order valence-electron chi connectivity index (χ4n) is 7.55. The zero-order valence-corrected chi connectivity index (χ0v) is 28.6. The van der Waals surface area contributed by atoms with Gasteiger partial charge in [0.05, 0.1) is 18.1 Å². The number of guanidine groups is 1. The lowest BCUT2D eigenvalue weighted by Crippen LogP contribution is -2.74.